The molecule has 0 N–H and O–H groups in total. The van der Waals surface area contributed by atoms with Gasteiger partial charge in [-0.1, -0.05) is 204 Å². The van der Waals surface area contributed by atoms with Gasteiger partial charge in [-0.25, -0.2) is 0 Å². The summed E-state index contributed by atoms with van der Waals surface area (Å²) in [5.41, 5.74) is 24.1. The van der Waals surface area contributed by atoms with Crippen LogP contribution in [0, 0.1) is 0 Å². The number of hydrogen-bond acceptors (Lipinski definition) is 1. The molecule has 0 bridgehead atoms. The van der Waals surface area contributed by atoms with Crippen molar-refractivity contribution in [2.45, 2.75) is 56.8 Å². The number of hydrogen-bond donors (Lipinski definition) is 0. The van der Waals surface area contributed by atoms with E-state index in [1.165, 1.54) is 94.7 Å². The Balaban J connectivity index is 1.16. The third-order valence-electron chi connectivity index (χ3n) is 15.0. The molecule has 3 aliphatic rings. The molecule has 0 amide bonds. The monoisotopic (exact) mass is 821 g/mol. The fraction of sp³-hybridized carbons (Fsp3) is 0.143. The van der Waals surface area contributed by atoms with Crippen LogP contribution in [0.1, 0.15) is 73.9 Å². The minimum absolute atomic E-state index is 0.00837. The van der Waals surface area contributed by atoms with Crippen LogP contribution in [0.2, 0.25) is 0 Å². The van der Waals surface area contributed by atoms with Crippen LogP contribution in [-0.2, 0) is 16.2 Å². The lowest BCUT2D eigenvalue weighted by Crippen LogP contribution is -2.34. The summed E-state index contributed by atoms with van der Waals surface area (Å²) in [6.07, 6.45) is 2.30. The average Bonchev–Trinajstić information content (AvgIpc) is 3.80. The lowest BCUT2D eigenvalue weighted by molar-refractivity contribution is 0.333. The van der Waals surface area contributed by atoms with Gasteiger partial charge in [0, 0.05) is 16.9 Å². The van der Waals surface area contributed by atoms with Crippen molar-refractivity contribution in [1.82, 2.24) is 0 Å². The number of benzene rings is 9. The highest BCUT2D eigenvalue weighted by molar-refractivity contribution is 6.01. The van der Waals surface area contributed by atoms with E-state index in [0.29, 0.717) is 0 Å². The van der Waals surface area contributed by atoms with Gasteiger partial charge >= 0.3 is 0 Å². The second-order valence-corrected chi connectivity index (χ2v) is 19.4. The molecule has 9 aromatic carbocycles. The number of rotatable bonds is 6. The van der Waals surface area contributed by atoms with Crippen LogP contribution >= 0.6 is 0 Å². The molecule has 0 heterocycles. The zero-order valence-electron chi connectivity index (χ0n) is 37.1. The molecule has 0 saturated heterocycles. The van der Waals surface area contributed by atoms with Crippen LogP contribution in [-0.4, -0.2) is 0 Å². The number of fused-ring (bicyclic) bond motifs is 11. The van der Waals surface area contributed by atoms with E-state index in [4.69, 9.17) is 0 Å². The van der Waals surface area contributed by atoms with Crippen molar-refractivity contribution >= 4 is 17.1 Å². The van der Waals surface area contributed by atoms with Gasteiger partial charge in [0.25, 0.3) is 0 Å². The predicted molar refractivity (Wildman–Crippen MR) is 269 cm³/mol. The second kappa shape index (κ2) is 14.4. The SMILES string of the molecule is CC1(C)CCC(C)(C)c2c(-c3cc4c(cc3N(c3ccccc3)c3ccc(-c5ccccc5-c5ccccc5)cc3)C3(c5ccccc5-c5ccccc53)c3ccccc3-4)cccc21. The van der Waals surface area contributed by atoms with Gasteiger partial charge in [-0.3, -0.25) is 0 Å². The Morgan fingerprint density at radius 2 is 0.750 bits per heavy atom. The zero-order chi connectivity index (χ0) is 43.2. The summed E-state index contributed by atoms with van der Waals surface area (Å²) in [5, 5.41) is 0. The Bertz CT molecular complexity index is 3220. The van der Waals surface area contributed by atoms with Crippen LogP contribution < -0.4 is 4.90 Å². The van der Waals surface area contributed by atoms with Gasteiger partial charge in [0.1, 0.15) is 0 Å². The third kappa shape index (κ3) is 5.63. The third-order valence-corrected chi connectivity index (χ3v) is 15.0. The first-order chi connectivity index (χ1) is 31.3. The molecule has 0 unspecified atom stereocenters. The highest BCUT2D eigenvalue weighted by Crippen LogP contribution is 2.64. The smallest absolute Gasteiger partial charge is 0.0726 e. The summed E-state index contributed by atoms with van der Waals surface area (Å²) in [6.45, 7) is 9.82. The standard InChI is InChI=1S/C63H51N/c1-61(2)38-39-62(3,4)60-51(29-19-33-57(60)61)53-40-52-50-28-15-18-32-56(50)63(54-30-16-13-26-48(54)49-27-14-17-31-55(49)63)58(52)41-59(53)64(44-22-9-6-10-23-44)45-36-34-43(35-37-45)47-25-12-11-24-46(47)42-20-7-5-8-21-42/h5-37,40-41H,38-39H2,1-4H3. The Morgan fingerprint density at radius 3 is 1.34 bits per heavy atom. The van der Waals surface area contributed by atoms with Gasteiger partial charge in [0.05, 0.1) is 11.1 Å². The highest BCUT2D eigenvalue weighted by atomic mass is 15.1. The van der Waals surface area contributed by atoms with Gasteiger partial charge in [0.15, 0.2) is 0 Å². The molecule has 1 spiro atoms. The van der Waals surface area contributed by atoms with Crippen molar-refractivity contribution in [3.8, 4) is 55.6 Å². The normalized spacial score (nSPS) is 15.4. The van der Waals surface area contributed by atoms with Crippen molar-refractivity contribution in [2.75, 3.05) is 4.90 Å². The first kappa shape index (κ1) is 38.5. The van der Waals surface area contributed by atoms with Crippen LogP contribution in [0.25, 0.3) is 55.6 Å². The maximum atomic E-state index is 2.59. The first-order valence-electron chi connectivity index (χ1n) is 23.0. The minimum Gasteiger partial charge on any atom is -0.310 e. The molecule has 1 heteroatoms. The molecule has 0 fully saturated rings. The minimum atomic E-state index is -0.475. The maximum Gasteiger partial charge on any atom is 0.0726 e. The molecule has 308 valence electrons. The molecule has 12 rings (SSSR count). The molecule has 9 aromatic rings. The predicted octanol–water partition coefficient (Wildman–Crippen LogP) is 16.8. The average molecular weight is 822 g/mol. The summed E-state index contributed by atoms with van der Waals surface area (Å²) in [7, 11) is 0. The van der Waals surface area contributed by atoms with Gasteiger partial charge in [-0.15, -0.1) is 0 Å². The van der Waals surface area contributed by atoms with Gasteiger partial charge in [-0.2, -0.15) is 0 Å². The molecule has 0 aliphatic heterocycles. The van der Waals surface area contributed by atoms with E-state index in [1.807, 2.05) is 0 Å². The van der Waals surface area contributed by atoms with E-state index in [9.17, 15) is 0 Å². The van der Waals surface area contributed by atoms with Crippen molar-refractivity contribution in [3.63, 3.8) is 0 Å². The maximum absolute atomic E-state index is 2.59. The molecule has 0 aromatic heterocycles. The summed E-state index contributed by atoms with van der Waals surface area (Å²) in [6, 6.07) is 79.7. The van der Waals surface area contributed by atoms with Crippen LogP contribution in [0.5, 0.6) is 0 Å². The molecular formula is C63H51N. The van der Waals surface area contributed by atoms with E-state index in [-0.39, 0.29) is 10.8 Å². The molecule has 0 saturated carbocycles. The molecule has 1 nitrogen and oxygen atoms in total. The summed E-state index contributed by atoms with van der Waals surface area (Å²) in [4.78, 5) is 2.53. The summed E-state index contributed by atoms with van der Waals surface area (Å²) in [5.74, 6) is 0. The Kier molecular flexibility index (Phi) is 8.66. The number of anilines is 3. The lowest BCUT2D eigenvalue weighted by atomic mass is 9.61. The fourth-order valence-electron chi connectivity index (χ4n) is 11.9. The van der Waals surface area contributed by atoms with E-state index >= 15 is 0 Å². The summed E-state index contributed by atoms with van der Waals surface area (Å²) >= 11 is 0. The lowest BCUT2D eigenvalue weighted by Gasteiger charge is -2.43. The quantitative estimate of drug-likeness (QED) is 0.161. The fourth-order valence-corrected chi connectivity index (χ4v) is 11.9. The van der Waals surface area contributed by atoms with Crippen LogP contribution in [0.4, 0.5) is 17.1 Å². The molecule has 0 atom stereocenters. The molecular weight excluding hydrogens is 771 g/mol. The summed E-state index contributed by atoms with van der Waals surface area (Å²) < 4.78 is 0. The van der Waals surface area contributed by atoms with Crippen molar-refractivity contribution in [3.05, 3.63) is 246 Å². The Morgan fingerprint density at radius 1 is 0.312 bits per heavy atom. The van der Waals surface area contributed by atoms with Crippen LogP contribution in [0.3, 0.4) is 0 Å². The number of nitrogens with zero attached hydrogens (tertiary/aromatic N) is 1. The van der Waals surface area contributed by atoms with Gasteiger partial charge in [0.2, 0.25) is 0 Å². The van der Waals surface area contributed by atoms with Crippen LogP contribution in [0.15, 0.2) is 212 Å². The molecule has 64 heavy (non-hydrogen) atoms. The molecule has 0 radical (unpaired) electrons. The largest absolute Gasteiger partial charge is 0.310 e. The van der Waals surface area contributed by atoms with Crippen molar-refractivity contribution in [1.29, 1.82) is 0 Å². The van der Waals surface area contributed by atoms with Crippen molar-refractivity contribution in [2.24, 2.45) is 0 Å². The number of para-hydroxylation sites is 1. The van der Waals surface area contributed by atoms with E-state index in [0.717, 1.165) is 24.2 Å². The van der Waals surface area contributed by atoms with E-state index in [2.05, 4.69) is 245 Å². The first-order valence-corrected chi connectivity index (χ1v) is 23.0. The van der Waals surface area contributed by atoms with Gasteiger partial charge < -0.3 is 4.90 Å². The Hall–Kier alpha value is -7.22. The van der Waals surface area contributed by atoms with Gasteiger partial charge in [-0.05, 0) is 144 Å². The zero-order valence-corrected chi connectivity index (χ0v) is 37.1. The van der Waals surface area contributed by atoms with E-state index in [1.54, 1.807) is 0 Å². The highest BCUT2D eigenvalue weighted by Gasteiger charge is 2.52. The topological polar surface area (TPSA) is 3.24 Å². The second-order valence-electron chi connectivity index (χ2n) is 19.4. The molecule has 3 aliphatic carbocycles. The van der Waals surface area contributed by atoms with E-state index < -0.39 is 5.41 Å². The Labute approximate surface area is 378 Å². The van der Waals surface area contributed by atoms with Crippen molar-refractivity contribution < 1.29 is 0 Å².